The first-order valence-corrected chi connectivity index (χ1v) is 9.55. The molecule has 0 aliphatic heterocycles. The van der Waals surface area contributed by atoms with Crippen LogP contribution >= 0.6 is 0 Å². The molecule has 2 rings (SSSR count). The molecule has 0 radical (unpaired) electrons. The van der Waals surface area contributed by atoms with Crippen LogP contribution in [0.3, 0.4) is 0 Å². The second-order valence-electron chi connectivity index (χ2n) is 7.57. The first-order valence-electron chi connectivity index (χ1n) is 9.55. The third-order valence-electron chi connectivity index (χ3n) is 4.10. The monoisotopic (exact) mass is 379 g/mol. The Bertz CT molecular complexity index is 832. The molecule has 0 amide bonds. The Labute approximate surface area is 168 Å². The minimum absolute atomic E-state index is 0.379. The van der Waals surface area contributed by atoms with Crippen molar-refractivity contribution in [1.82, 2.24) is 4.90 Å². The van der Waals surface area contributed by atoms with Gasteiger partial charge in [0.2, 0.25) is 0 Å². The molecular formula is C23H29N3O2. The first kappa shape index (κ1) is 21.5. The second kappa shape index (κ2) is 10.5. The van der Waals surface area contributed by atoms with E-state index in [1.807, 2.05) is 26.0 Å². The highest BCUT2D eigenvalue weighted by molar-refractivity contribution is 5.78. The van der Waals surface area contributed by atoms with E-state index in [9.17, 15) is 5.26 Å². The van der Waals surface area contributed by atoms with Crippen LogP contribution in [0, 0.1) is 17.2 Å². The van der Waals surface area contributed by atoms with Gasteiger partial charge in [0.05, 0.1) is 11.3 Å². The average molecular weight is 380 g/mol. The number of oxime groups is 1. The molecular weight excluding hydrogens is 350 g/mol. The van der Waals surface area contributed by atoms with Gasteiger partial charge in [-0.15, -0.1) is 0 Å². The zero-order valence-corrected chi connectivity index (χ0v) is 17.4. The van der Waals surface area contributed by atoms with Crippen LogP contribution in [0.15, 0.2) is 47.6 Å². The highest BCUT2D eigenvalue weighted by atomic mass is 16.6. The topological polar surface area (TPSA) is 57.9 Å². The van der Waals surface area contributed by atoms with Gasteiger partial charge in [-0.3, -0.25) is 0 Å². The molecule has 2 aromatic rings. The molecule has 28 heavy (non-hydrogen) atoms. The summed E-state index contributed by atoms with van der Waals surface area (Å²) in [6.07, 6.45) is 1.20. The van der Waals surface area contributed by atoms with Gasteiger partial charge in [0.25, 0.3) is 0 Å². The Balaban J connectivity index is 2.02. The molecule has 0 heterocycles. The van der Waals surface area contributed by atoms with E-state index in [1.165, 1.54) is 12.0 Å². The number of hydrogen-bond acceptors (Lipinski definition) is 5. The minimum Gasteiger partial charge on any atom is -0.457 e. The number of benzene rings is 2. The van der Waals surface area contributed by atoms with Gasteiger partial charge in [-0.25, -0.2) is 0 Å². The lowest BCUT2D eigenvalue weighted by Crippen LogP contribution is -2.20. The summed E-state index contributed by atoms with van der Waals surface area (Å²) in [5.74, 6) is 2.43. The summed E-state index contributed by atoms with van der Waals surface area (Å²) >= 11 is 0. The van der Waals surface area contributed by atoms with Gasteiger partial charge < -0.3 is 14.5 Å². The lowest BCUT2D eigenvalue weighted by Gasteiger charge is -2.18. The maximum Gasteiger partial charge on any atom is 0.179 e. The highest BCUT2D eigenvalue weighted by Crippen LogP contribution is 2.28. The zero-order valence-electron chi connectivity index (χ0n) is 17.4. The third-order valence-corrected chi connectivity index (χ3v) is 4.10. The van der Waals surface area contributed by atoms with Crippen LogP contribution in [0.25, 0.3) is 0 Å². The Hall–Kier alpha value is -2.84. The molecule has 0 unspecified atom stereocenters. The molecule has 5 heteroatoms. The smallest absolute Gasteiger partial charge is 0.179 e. The fraction of sp³-hybridized carbons (Fsp3) is 0.391. The molecule has 0 bridgehead atoms. The van der Waals surface area contributed by atoms with Crippen LogP contribution < -0.4 is 9.57 Å². The Morgan fingerprint density at radius 3 is 2.39 bits per heavy atom. The molecule has 0 N–H and O–H groups in total. The van der Waals surface area contributed by atoms with E-state index in [4.69, 9.17) is 9.57 Å². The standard InChI is InChI=1S/C23H29N3O2/c1-17(2)12-13-26(5)16-19-6-9-21(10-7-19)27-22-11-8-20(15-24)23(14-22)28-25-18(3)4/h6-11,14,17H,12-13,16H2,1-5H3. The van der Waals surface area contributed by atoms with Crippen molar-refractivity contribution in [1.29, 1.82) is 5.26 Å². The molecule has 0 fully saturated rings. The van der Waals surface area contributed by atoms with Gasteiger partial charge in [-0.1, -0.05) is 31.1 Å². The number of rotatable bonds is 9. The van der Waals surface area contributed by atoms with Crippen molar-refractivity contribution in [3.8, 4) is 23.3 Å². The van der Waals surface area contributed by atoms with Gasteiger partial charge in [0.15, 0.2) is 5.75 Å². The Kier molecular flexibility index (Phi) is 8.03. The van der Waals surface area contributed by atoms with E-state index in [0.717, 1.165) is 24.6 Å². The SMILES string of the molecule is CC(C)=NOc1cc(Oc2ccc(CN(C)CCC(C)C)cc2)ccc1C#N. The van der Waals surface area contributed by atoms with Crippen LogP contribution in [0.1, 0.15) is 45.2 Å². The number of nitrogens with zero attached hydrogens (tertiary/aromatic N) is 3. The summed E-state index contributed by atoms with van der Waals surface area (Å²) in [5, 5.41) is 13.1. The minimum atomic E-state index is 0.379. The molecule has 5 nitrogen and oxygen atoms in total. The van der Waals surface area contributed by atoms with Gasteiger partial charge >= 0.3 is 0 Å². The summed E-state index contributed by atoms with van der Waals surface area (Å²) in [6.45, 7) is 10.1. The van der Waals surface area contributed by atoms with Crippen molar-refractivity contribution in [3.05, 3.63) is 53.6 Å². The van der Waals surface area contributed by atoms with Gasteiger partial charge in [-0.05, 0) is 69.6 Å². The zero-order chi connectivity index (χ0) is 20.5. The van der Waals surface area contributed by atoms with Crippen LogP contribution in [-0.4, -0.2) is 24.2 Å². The van der Waals surface area contributed by atoms with Crippen molar-refractivity contribution in [2.75, 3.05) is 13.6 Å². The van der Waals surface area contributed by atoms with Gasteiger partial charge in [0.1, 0.15) is 17.6 Å². The predicted octanol–water partition coefficient (Wildman–Crippen LogP) is 5.60. The summed E-state index contributed by atoms with van der Waals surface area (Å²) < 4.78 is 5.91. The third kappa shape index (κ3) is 7.05. The predicted molar refractivity (Wildman–Crippen MR) is 113 cm³/mol. The molecule has 0 saturated heterocycles. The molecule has 0 saturated carbocycles. The summed E-state index contributed by atoms with van der Waals surface area (Å²) in [4.78, 5) is 7.68. The van der Waals surface area contributed by atoms with E-state index in [0.29, 0.717) is 23.0 Å². The van der Waals surface area contributed by atoms with E-state index in [1.54, 1.807) is 18.2 Å². The van der Waals surface area contributed by atoms with E-state index < -0.39 is 0 Å². The summed E-state index contributed by atoms with van der Waals surface area (Å²) in [5.41, 5.74) is 2.43. The number of nitriles is 1. The van der Waals surface area contributed by atoms with E-state index in [-0.39, 0.29) is 0 Å². The largest absolute Gasteiger partial charge is 0.457 e. The van der Waals surface area contributed by atoms with Crippen LogP contribution in [0.2, 0.25) is 0 Å². The summed E-state index contributed by atoms with van der Waals surface area (Å²) in [6, 6.07) is 15.3. The quantitative estimate of drug-likeness (QED) is 0.420. The molecule has 0 atom stereocenters. The van der Waals surface area contributed by atoms with Gasteiger partial charge in [0, 0.05) is 12.6 Å². The van der Waals surface area contributed by atoms with Crippen molar-refractivity contribution in [2.45, 2.75) is 40.7 Å². The molecule has 148 valence electrons. The Morgan fingerprint density at radius 2 is 1.79 bits per heavy atom. The highest BCUT2D eigenvalue weighted by Gasteiger charge is 2.08. The van der Waals surface area contributed by atoms with Crippen LogP contribution in [0.4, 0.5) is 0 Å². The van der Waals surface area contributed by atoms with E-state index in [2.05, 4.69) is 49.2 Å². The fourth-order valence-electron chi connectivity index (χ4n) is 2.54. The normalized spacial score (nSPS) is 10.6. The van der Waals surface area contributed by atoms with Crippen molar-refractivity contribution >= 4 is 5.71 Å². The van der Waals surface area contributed by atoms with Crippen molar-refractivity contribution < 1.29 is 9.57 Å². The molecule has 0 aliphatic rings. The van der Waals surface area contributed by atoms with Crippen LogP contribution in [-0.2, 0) is 6.54 Å². The van der Waals surface area contributed by atoms with Gasteiger partial charge in [-0.2, -0.15) is 5.26 Å². The maximum absolute atomic E-state index is 9.21. The maximum atomic E-state index is 9.21. The number of ether oxygens (including phenoxy) is 1. The first-order chi connectivity index (χ1) is 13.4. The number of hydrogen-bond donors (Lipinski definition) is 0. The molecule has 0 aliphatic carbocycles. The molecule has 0 aromatic heterocycles. The lowest BCUT2D eigenvalue weighted by atomic mass is 10.1. The van der Waals surface area contributed by atoms with Crippen molar-refractivity contribution in [2.24, 2.45) is 11.1 Å². The van der Waals surface area contributed by atoms with Crippen LogP contribution in [0.5, 0.6) is 17.2 Å². The molecule has 0 spiro atoms. The van der Waals surface area contributed by atoms with Crippen molar-refractivity contribution in [3.63, 3.8) is 0 Å². The fourth-order valence-corrected chi connectivity index (χ4v) is 2.54. The average Bonchev–Trinajstić information content (AvgIpc) is 2.66. The lowest BCUT2D eigenvalue weighted by molar-refractivity contribution is 0.303. The molecule has 2 aromatic carbocycles. The van der Waals surface area contributed by atoms with E-state index >= 15 is 0 Å². The second-order valence-corrected chi connectivity index (χ2v) is 7.57. The summed E-state index contributed by atoms with van der Waals surface area (Å²) in [7, 11) is 2.14. The Morgan fingerprint density at radius 1 is 1.11 bits per heavy atom.